The van der Waals surface area contributed by atoms with Crippen LogP contribution in [0.5, 0.6) is 5.75 Å². The van der Waals surface area contributed by atoms with Crippen LogP contribution in [-0.2, 0) is 5.41 Å². The molecule has 116 valence electrons. The van der Waals surface area contributed by atoms with Gasteiger partial charge in [-0.3, -0.25) is 0 Å². The molecule has 4 unspecified atom stereocenters. The molecule has 3 heteroatoms. The first-order chi connectivity index (χ1) is 10.0. The molecule has 1 aliphatic carbocycles. The van der Waals surface area contributed by atoms with Gasteiger partial charge >= 0.3 is 0 Å². The summed E-state index contributed by atoms with van der Waals surface area (Å²) in [6, 6.07) is 8.10. The van der Waals surface area contributed by atoms with Crippen molar-refractivity contribution in [2.75, 3.05) is 13.2 Å². The van der Waals surface area contributed by atoms with Crippen molar-refractivity contribution in [3.63, 3.8) is 0 Å². The van der Waals surface area contributed by atoms with Crippen LogP contribution in [0.4, 0.5) is 0 Å². The van der Waals surface area contributed by atoms with Crippen molar-refractivity contribution in [1.82, 2.24) is 0 Å². The summed E-state index contributed by atoms with van der Waals surface area (Å²) in [6.07, 6.45) is 3.91. The van der Waals surface area contributed by atoms with Gasteiger partial charge in [-0.1, -0.05) is 44.9 Å². The first-order valence-corrected chi connectivity index (χ1v) is 8.20. The maximum atomic E-state index is 11.7. The minimum atomic E-state index is -0.737. The Balaban J connectivity index is 2.13. The van der Waals surface area contributed by atoms with Crippen molar-refractivity contribution in [1.29, 1.82) is 0 Å². The van der Waals surface area contributed by atoms with E-state index in [1.165, 1.54) is 6.42 Å². The van der Waals surface area contributed by atoms with E-state index < -0.39 is 5.60 Å². The van der Waals surface area contributed by atoms with Crippen LogP contribution in [0, 0.1) is 11.8 Å². The molecular weight excluding hydrogens is 262 g/mol. The molecule has 0 aromatic heterocycles. The van der Waals surface area contributed by atoms with E-state index in [0.29, 0.717) is 19.1 Å². The highest BCUT2D eigenvalue weighted by Gasteiger charge is 2.57. The number of hydrogen-bond donors (Lipinski definition) is 2. The van der Waals surface area contributed by atoms with Gasteiger partial charge in [-0.15, -0.1) is 0 Å². The number of nitrogens with two attached hydrogens (primary N) is 1. The molecule has 1 aromatic carbocycles. The van der Waals surface area contributed by atoms with Gasteiger partial charge in [-0.05, 0) is 30.7 Å². The average Bonchev–Trinajstić information content (AvgIpc) is 2.51. The summed E-state index contributed by atoms with van der Waals surface area (Å²) < 4.78 is 5.81. The normalized spacial score (nSPS) is 39.4. The van der Waals surface area contributed by atoms with Crippen LogP contribution in [0.2, 0.25) is 0 Å². The quantitative estimate of drug-likeness (QED) is 0.880. The van der Waals surface area contributed by atoms with Crippen LogP contribution in [0.3, 0.4) is 0 Å². The Morgan fingerprint density at radius 3 is 2.81 bits per heavy atom. The zero-order valence-corrected chi connectivity index (χ0v) is 13.1. The summed E-state index contributed by atoms with van der Waals surface area (Å²) in [4.78, 5) is 0. The van der Waals surface area contributed by atoms with Crippen molar-refractivity contribution < 1.29 is 9.84 Å². The van der Waals surface area contributed by atoms with Gasteiger partial charge in [0.1, 0.15) is 5.75 Å². The van der Waals surface area contributed by atoms with Crippen LogP contribution in [0.15, 0.2) is 24.3 Å². The fourth-order valence-corrected chi connectivity index (χ4v) is 4.61. The lowest BCUT2D eigenvalue weighted by Gasteiger charge is -2.55. The second kappa shape index (κ2) is 5.29. The average molecular weight is 289 g/mol. The summed E-state index contributed by atoms with van der Waals surface area (Å²) in [5, 5.41) is 11.7. The first-order valence-electron chi connectivity index (χ1n) is 8.20. The highest BCUT2D eigenvalue weighted by molar-refractivity contribution is 5.44. The number of hydrogen-bond acceptors (Lipinski definition) is 3. The Labute approximate surface area is 127 Å². The Morgan fingerprint density at radius 2 is 2.05 bits per heavy atom. The molecule has 0 radical (unpaired) electrons. The minimum absolute atomic E-state index is 0.251. The van der Waals surface area contributed by atoms with Crippen molar-refractivity contribution in [2.24, 2.45) is 17.6 Å². The highest BCUT2D eigenvalue weighted by atomic mass is 16.5. The third kappa shape index (κ3) is 2.01. The Kier molecular flexibility index (Phi) is 3.74. The zero-order valence-electron chi connectivity index (χ0n) is 13.1. The van der Waals surface area contributed by atoms with Crippen LogP contribution in [-0.4, -0.2) is 23.9 Å². The number of benzene rings is 1. The third-order valence-electron chi connectivity index (χ3n) is 6.19. The second-order valence-corrected chi connectivity index (χ2v) is 6.96. The Hall–Kier alpha value is -1.06. The maximum Gasteiger partial charge on any atom is 0.123 e. The minimum Gasteiger partial charge on any atom is -0.493 e. The molecule has 1 aromatic rings. The second-order valence-electron chi connectivity index (χ2n) is 6.96. The molecule has 3 N–H and O–H groups in total. The van der Waals surface area contributed by atoms with Gasteiger partial charge in [-0.2, -0.15) is 0 Å². The molecule has 1 saturated carbocycles. The fraction of sp³-hybridized carbons (Fsp3) is 0.667. The molecule has 1 heterocycles. The van der Waals surface area contributed by atoms with E-state index in [1.807, 2.05) is 18.2 Å². The van der Waals surface area contributed by atoms with E-state index in [2.05, 4.69) is 19.9 Å². The number of fused-ring (bicyclic) bond motifs is 1. The van der Waals surface area contributed by atoms with Gasteiger partial charge in [0.05, 0.1) is 12.2 Å². The van der Waals surface area contributed by atoms with E-state index in [9.17, 15) is 5.11 Å². The predicted octanol–water partition coefficient (Wildman–Crippen LogP) is 2.85. The SMILES string of the molecule is CC1CCCC(O)(C2(CN)CCOc3ccccc32)C1C. The van der Waals surface area contributed by atoms with Gasteiger partial charge in [0.2, 0.25) is 0 Å². The van der Waals surface area contributed by atoms with Crippen molar-refractivity contribution in [3.8, 4) is 5.75 Å². The van der Waals surface area contributed by atoms with Crippen molar-refractivity contribution in [2.45, 2.75) is 50.5 Å². The van der Waals surface area contributed by atoms with Crippen LogP contribution < -0.4 is 10.5 Å². The molecule has 0 bridgehead atoms. The molecule has 21 heavy (non-hydrogen) atoms. The number of rotatable bonds is 2. The number of para-hydroxylation sites is 1. The molecule has 4 atom stereocenters. The monoisotopic (exact) mass is 289 g/mol. The lowest BCUT2D eigenvalue weighted by Crippen LogP contribution is -2.63. The lowest BCUT2D eigenvalue weighted by molar-refractivity contribution is -0.129. The van der Waals surface area contributed by atoms with Crippen molar-refractivity contribution in [3.05, 3.63) is 29.8 Å². The topological polar surface area (TPSA) is 55.5 Å². The smallest absolute Gasteiger partial charge is 0.123 e. The molecule has 3 nitrogen and oxygen atoms in total. The van der Waals surface area contributed by atoms with Gasteiger partial charge in [0.15, 0.2) is 0 Å². The summed E-state index contributed by atoms with van der Waals surface area (Å²) in [5.74, 6) is 1.68. The standard InChI is InChI=1S/C18H27NO2/c1-13-6-5-9-18(20,14(13)2)17(12-19)10-11-21-16-8-4-3-7-15(16)17/h3-4,7-8,13-14,20H,5-6,9-12,19H2,1-2H3. The summed E-state index contributed by atoms with van der Waals surface area (Å²) in [5.41, 5.74) is 6.24. The number of ether oxygens (including phenoxy) is 1. The first kappa shape index (κ1) is 14.9. The van der Waals surface area contributed by atoms with E-state index in [-0.39, 0.29) is 11.3 Å². The molecule has 1 fully saturated rings. The van der Waals surface area contributed by atoms with Gasteiger partial charge in [0, 0.05) is 17.5 Å². The Bertz CT molecular complexity index is 518. The van der Waals surface area contributed by atoms with Crippen LogP contribution >= 0.6 is 0 Å². The summed E-state index contributed by atoms with van der Waals surface area (Å²) in [7, 11) is 0. The molecular formula is C18H27NO2. The summed E-state index contributed by atoms with van der Waals surface area (Å²) in [6.45, 7) is 5.56. The van der Waals surface area contributed by atoms with E-state index in [4.69, 9.17) is 10.5 Å². The third-order valence-corrected chi connectivity index (χ3v) is 6.19. The molecule has 0 amide bonds. The lowest BCUT2D eigenvalue weighted by atomic mass is 9.54. The van der Waals surface area contributed by atoms with Crippen LogP contribution in [0.25, 0.3) is 0 Å². The van der Waals surface area contributed by atoms with Gasteiger partial charge in [0.25, 0.3) is 0 Å². The zero-order chi connectivity index (χ0) is 15.1. The molecule has 1 aliphatic heterocycles. The predicted molar refractivity (Wildman–Crippen MR) is 84.4 cm³/mol. The van der Waals surface area contributed by atoms with Gasteiger partial charge in [-0.25, -0.2) is 0 Å². The molecule has 0 spiro atoms. The van der Waals surface area contributed by atoms with Crippen LogP contribution in [0.1, 0.15) is 45.1 Å². The van der Waals surface area contributed by atoms with E-state index in [1.54, 1.807) is 0 Å². The maximum absolute atomic E-state index is 11.7. The highest BCUT2D eigenvalue weighted by Crippen LogP contribution is 2.53. The Morgan fingerprint density at radius 1 is 1.29 bits per heavy atom. The van der Waals surface area contributed by atoms with Crippen molar-refractivity contribution >= 4 is 0 Å². The fourth-order valence-electron chi connectivity index (χ4n) is 4.61. The molecule has 3 rings (SSSR count). The molecule has 2 aliphatic rings. The summed E-state index contributed by atoms with van der Waals surface area (Å²) >= 11 is 0. The number of aliphatic hydroxyl groups is 1. The van der Waals surface area contributed by atoms with E-state index in [0.717, 1.165) is 30.6 Å². The van der Waals surface area contributed by atoms with E-state index >= 15 is 0 Å². The molecule has 0 saturated heterocycles. The largest absolute Gasteiger partial charge is 0.493 e. The van der Waals surface area contributed by atoms with Gasteiger partial charge < -0.3 is 15.6 Å².